The number of nitrogens with zero attached hydrogens (tertiary/aromatic N) is 2. The molecule has 1 fully saturated rings. The van der Waals surface area contributed by atoms with E-state index in [-0.39, 0.29) is 18.1 Å². The Morgan fingerprint density at radius 3 is 2.51 bits per heavy atom. The first-order chi connectivity index (χ1) is 16.7. The molecule has 35 heavy (non-hydrogen) atoms. The zero-order valence-electron chi connectivity index (χ0n) is 21.2. The second-order valence-corrected chi connectivity index (χ2v) is 10.3. The second-order valence-electron chi connectivity index (χ2n) is 10.3. The normalized spacial score (nSPS) is 18.9. The first kappa shape index (κ1) is 27.0. The Labute approximate surface area is 207 Å². The van der Waals surface area contributed by atoms with Gasteiger partial charge in [0.25, 0.3) is 5.91 Å². The zero-order valence-corrected chi connectivity index (χ0v) is 21.2. The highest BCUT2D eigenvalue weighted by Crippen LogP contribution is 2.33. The number of fused-ring (bicyclic) bond motifs is 1. The zero-order chi connectivity index (χ0) is 25.4. The molecule has 1 aromatic carbocycles. The van der Waals surface area contributed by atoms with Crippen LogP contribution in [0.4, 0.5) is 0 Å². The molecule has 1 aromatic heterocycles. The first-order valence-corrected chi connectivity index (χ1v) is 12.9. The van der Waals surface area contributed by atoms with E-state index in [9.17, 15) is 19.8 Å². The number of benzene rings is 1. The van der Waals surface area contributed by atoms with Crippen molar-refractivity contribution in [2.45, 2.75) is 89.9 Å². The summed E-state index contributed by atoms with van der Waals surface area (Å²) in [7, 11) is 0. The SMILES string of the molecule is CCC[C@H](O)[C@H](O)[C@@](C)(CC1CCCCC1)NC(=O)[C@@H](C)CNC(=O)c1cnc2ccccc2n1. The van der Waals surface area contributed by atoms with E-state index in [1.54, 1.807) is 13.0 Å². The summed E-state index contributed by atoms with van der Waals surface area (Å²) in [5, 5.41) is 27.4. The number of carbonyl (C=O) groups excluding carboxylic acids is 2. The van der Waals surface area contributed by atoms with Gasteiger partial charge in [-0.1, -0.05) is 64.5 Å². The van der Waals surface area contributed by atoms with Gasteiger partial charge in [-0.3, -0.25) is 14.6 Å². The minimum absolute atomic E-state index is 0.117. The third-order valence-corrected chi connectivity index (χ3v) is 7.15. The molecular weight excluding hydrogens is 444 g/mol. The van der Waals surface area contributed by atoms with E-state index in [0.717, 1.165) is 32.1 Å². The first-order valence-electron chi connectivity index (χ1n) is 12.9. The molecule has 0 unspecified atom stereocenters. The fraction of sp³-hybridized carbons (Fsp3) is 0.630. The van der Waals surface area contributed by atoms with E-state index in [1.165, 1.54) is 12.6 Å². The van der Waals surface area contributed by atoms with Crippen molar-refractivity contribution in [3.05, 3.63) is 36.2 Å². The molecule has 8 nitrogen and oxygen atoms in total. The van der Waals surface area contributed by atoms with Crippen LogP contribution in [0.5, 0.6) is 0 Å². The van der Waals surface area contributed by atoms with Crippen LogP contribution in [0.25, 0.3) is 11.0 Å². The molecule has 3 rings (SSSR count). The van der Waals surface area contributed by atoms with Crippen LogP contribution < -0.4 is 10.6 Å². The Morgan fingerprint density at radius 2 is 1.83 bits per heavy atom. The van der Waals surface area contributed by atoms with Gasteiger partial charge in [0.2, 0.25) is 5.91 Å². The molecular formula is C27H40N4O4. The average Bonchev–Trinajstić information content (AvgIpc) is 2.86. The van der Waals surface area contributed by atoms with Gasteiger partial charge < -0.3 is 20.8 Å². The fourth-order valence-electron chi connectivity index (χ4n) is 5.02. The van der Waals surface area contributed by atoms with Crippen molar-refractivity contribution in [1.82, 2.24) is 20.6 Å². The molecule has 1 heterocycles. The highest BCUT2D eigenvalue weighted by molar-refractivity contribution is 5.94. The minimum Gasteiger partial charge on any atom is -0.390 e. The van der Waals surface area contributed by atoms with E-state index in [1.807, 2.05) is 32.0 Å². The van der Waals surface area contributed by atoms with Gasteiger partial charge >= 0.3 is 0 Å². The molecule has 192 valence electrons. The Kier molecular flexibility index (Phi) is 9.57. The van der Waals surface area contributed by atoms with E-state index >= 15 is 0 Å². The summed E-state index contributed by atoms with van der Waals surface area (Å²) in [4.78, 5) is 34.4. The monoisotopic (exact) mass is 484 g/mol. The third kappa shape index (κ3) is 7.21. The van der Waals surface area contributed by atoms with Gasteiger partial charge in [0.15, 0.2) is 0 Å². The van der Waals surface area contributed by atoms with E-state index < -0.39 is 29.6 Å². The van der Waals surface area contributed by atoms with Crippen LogP contribution in [0.2, 0.25) is 0 Å². The van der Waals surface area contributed by atoms with Gasteiger partial charge in [-0.05, 0) is 37.8 Å². The fourth-order valence-corrected chi connectivity index (χ4v) is 5.02. The van der Waals surface area contributed by atoms with Crippen LogP contribution in [-0.4, -0.2) is 56.3 Å². The summed E-state index contributed by atoms with van der Waals surface area (Å²) < 4.78 is 0. The van der Waals surface area contributed by atoms with Crippen molar-refractivity contribution in [2.75, 3.05) is 6.54 Å². The van der Waals surface area contributed by atoms with Crippen molar-refractivity contribution in [1.29, 1.82) is 0 Å². The number of para-hydroxylation sites is 2. The van der Waals surface area contributed by atoms with Gasteiger partial charge in [0.05, 0.1) is 34.8 Å². The van der Waals surface area contributed by atoms with Gasteiger partial charge in [-0.2, -0.15) is 0 Å². The van der Waals surface area contributed by atoms with Crippen molar-refractivity contribution in [3.63, 3.8) is 0 Å². The summed E-state index contributed by atoms with van der Waals surface area (Å²) in [6, 6.07) is 7.31. The Bertz CT molecular complexity index is 994. The molecule has 0 spiro atoms. The predicted molar refractivity (Wildman–Crippen MR) is 136 cm³/mol. The van der Waals surface area contributed by atoms with Crippen LogP contribution in [0.3, 0.4) is 0 Å². The molecule has 1 aliphatic rings. The predicted octanol–water partition coefficient (Wildman–Crippen LogP) is 3.36. The summed E-state index contributed by atoms with van der Waals surface area (Å²) in [5.74, 6) is -0.796. The number of hydrogen-bond acceptors (Lipinski definition) is 6. The van der Waals surface area contributed by atoms with Crippen LogP contribution in [-0.2, 0) is 4.79 Å². The summed E-state index contributed by atoms with van der Waals surface area (Å²) in [5.41, 5.74) is 0.578. The highest BCUT2D eigenvalue weighted by Gasteiger charge is 2.41. The average molecular weight is 485 g/mol. The van der Waals surface area contributed by atoms with Crippen LogP contribution >= 0.6 is 0 Å². The second kappa shape index (κ2) is 12.4. The quantitative estimate of drug-likeness (QED) is 0.388. The van der Waals surface area contributed by atoms with Crippen molar-refractivity contribution in [2.24, 2.45) is 11.8 Å². The summed E-state index contributed by atoms with van der Waals surface area (Å²) >= 11 is 0. The largest absolute Gasteiger partial charge is 0.390 e. The molecule has 4 atom stereocenters. The maximum Gasteiger partial charge on any atom is 0.271 e. The smallest absolute Gasteiger partial charge is 0.271 e. The molecule has 2 aromatic rings. The highest BCUT2D eigenvalue weighted by atomic mass is 16.3. The summed E-state index contributed by atoms with van der Waals surface area (Å²) in [6.45, 7) is 5.64. The van der Waals surface area contributed by atoms with Gasteiger partial charge in [-0.15, -0.1) is 0 Å². The summed E-state index contributed by atoms with van der Waals surface area (Å²) in [6.07, 6.45) is 6.95. The lowest BCUT2D eigenvalue weighted by Crippen LogP contribution is -2.60. The molecule has 1 saturated carbocycles. The Hall–Kier alpha value is -2.58. The maximum atomic E-state index is 13.1. The number of rotatable bonds is 11. The number of nitrogens with one attached hydrogen (secondary N) is 2. The van der Waals surface area contributed by atoms with Crippen molar-refractivity contribution >= 4 is 22.8 Å². The molecule has 0 bridgehead atoms. The molecule has 8 heteroatoms. The molecule has 0 saturated heterocycles. The van der Waals surface area contributed by atoms with E-state index in [4.69, 9.17) is 0 Å². The molecule has 4 N–H and O–H groups in total. The lowest BCUT2D eigenvalue weighted by atomic mass is 9.76. The van der Waals surface area contributed by atoms with Crippen LogP contribution in [0.1, 0.15) is 82.6 Å². The third-order valence-electron chi connectivity index (χ3n) is 7.15. The van der Waals surface area contributed by atoms with Crippen molar-refractivity contribution < 1.29 is 19.8 Å². The number of amides is 2. The Balaban J connectivity index is 1.63. The Morgan fingerprint density at radius 1 is 1.14 bits per heavy atom. The number of hydrogen-bond donors (Lipinski definition) is 4. The maximum absolute atomic E-state index is 13.1. The van der Waals surface area contributed by atoms with E-state index in [0.29, 0.717) is 29.8 Å². The molecule has 2 amide bonds. The van der Waals surface area contributed by atoms with Gasteiger partial charge in [0, 0.05) is 6.54 Å². The molecule has 0 aliphatic heterocycles. The van der Waals surface area contributed by atoms with Gasteiger partial charge in [-0.25, -0.2) is 4.98 Å². The standard InChI is InChI=1S/C27H40N4O4/c1-4-10-23(32)24(33)27(3,15-19-11-6-5-7-12-19)31-25(34)18(2)16-29-26(35)22-17-28-20-13-8-9-14-21(20)30-22/h8-9,13-14,17-19,23-24,32-33H,4-7,10-12,15-16H2,1-3H3,(H,29,35)(H,31,34)/t18-,23-,24-,27+/m0/s1. The number of carbonyl (C=O) groups is 2. The van der Waals surface area contributed by atoms with Crippen molar-refractivity contribution in [3.8, 4) is 0 Å². The minimum atomic E-state index is -1.07. The lowest BCUT2D eigenvalue weighted by Gasteiger charge is -2.41. The molecule has 0 radical (unpaired) electrons. The van der Waals surface area contributed by atoms with Crippen LogP contribution in [0.15, 0.2) is 30.5 Å². The van der Waals surface area contributed by atoms with E-state index in [2.05, 4.69) is 20.6 Å². The van der Waals surface area contributed by atoms with Crippen LogP contribution in [0, 0.1) is 11.8 Å². The molecule has 1 aliphatic carbocycles. The number of aliphatic hydroxyl groups excluding tert-OH is 2. The topological polar surface area (TPSA) is 124 Å². The van der Waals surface area contributed by atoms with Gasteiger partial charge in [0.1, 0.15) is 11.8 Å². The number of aliphatic hydroxyl groups is 2. The number of aromatic nitrogens is 2. The lowest BCUT2D eigenvalue weighted by molar-refractivity contribution is -0.130.